The summed E-state index contributed by atoms with van der Waals surface area (Å²) in [5, 5.41) is 10.9. The molecule has 6 nitrogen and oxygen atoms in total. The van der Waals surface area contributed by atoms with Crippen molar-refractivity contribution in [2.24, 2.45) is 0 Å². The summed E-state index contributed by atoms with van der Waals surface area (Å²) in [5.74, 6) is -0.928. The number of nitrogens with zero attached hydrogens (tertiary/aromatic N) is 2. The Bertz CT molecular complexity index is 768. The van der Waals surface area contributed by atoms with Gasteiger partial charge in [0.2, 0.25) is 0 Å². The first-order valence-electron chi connectivity index (χ1n) is 5.92. The molecule has 7 heteroatoms. The highest BCUT2D eigenvalue weighted by molar-refractivity contribution is 14.1. The Morgan fingerprint density at radius 2 is 1.57 bits per heavy atom. The number of carbonyl (C=O) groups is 2. The topological polar surface area (TPSA) is 80.5 Å². The normalized spacial score (nSPS) is 13.5. The third-order valence-corrected chi connectivity index (χ3v) is 4.09. The van der Waals surface area contributed by atoms with Gasteiger partial charge in [-0.05, 0) is 40.8 Å². The summed E-state index contributed by atoms with van der Waals surface area (Å²) in [6.45, 7) is 0. The van der Waals surface area contributed by atoms with Gasteiger partial charge < -0.3 is 0 Å². The molecule has 0 N–H and O–H groups in total. The molecule has 21 heavy (non-hydrogen) atoms. The molecule has 0 fully saturated rings. The van der Waals surface area contributed by atoms with Crippen LogP contribution in [0.3, 0.4) is 0 Å². The van der Waals surface area contributed by atoms with E-state index in [-0.39, 0.29) is 11.4 Å². The summed E-state index contributed by atoms with van der Waals surface area (Å²) in [4.78, 5) is 36.0. The van der Waals surface area contributed by atoms with E-state index < -0.39 is 16.7 Å². The Morgan fingerprint density at radius 1 is 1.00 bits per heavy atom. The molecule has 0 saturated carbocycles. The highest BCUT2D eigenvalue weighted by Gasteiger charge is 2.37. The van der Waals surface area contributed by atoms with Crippen LogP contribution in [0.5, 0.6) is 0 Å². The molecule has 0 atom stereocenters. The van der Waals surface area contributed by atoms with Gasteiger partial charge in [-0.3, -0.25) is 19.7 Å². The van der Waals surface area contributed by atoms with Crippen molar-refractivity contribution in [2.45, 2.75) is 0 Å². The molecule has 0 radical (unpaired) electrons. The van der Waals surface area contributed by atoms with Gasteiger partial charge >= 0.3 is 0 Å². The van der Waals surface area contributed by atoms with Crippen molar-refractivity contribution in [1.29, 1.82) is 0 Å². The van der Waals surface area contributed by atoms with Crippen molar-refractivity contribution < 1.29 is 14.5 Å². The van der Waals surface area contributed by atoms with Crippen molar-refractivity contribution in [1.82, 2.24) is 0 Å². The molecule has 3 rings (SSSR count). The van der Waals surface area contributed by atoms with Gasteiger partial charge in [0.25, 0.3) is 17.5 Å². The van der Waals surface area contributed by atoms with E-state index in [4.69, 9.17) is 0 Å². The maximum Gasteiger partial charge on any atom is 0.271 e. The van der Waals surface area contributed by atoms with Gasteiger partial charge in [-0.2, -0.15) is 0 Å². The van der Waals surface area contributed by atoms with Crippen LogP contribution in [0.1, 0.15) is 20.7 Å². The largest absolute Gasteiger partial charge is 0.271 e. The maximum atomic E-state index is 12.4. The van der Waals surface area contributed by atoms with Crippen LogP contribution in [0.2, 0.25) is 0 Å². The fraction of sp³-hybridized carbons (Fsp3) is 0. The zero-order valence-corrected chi connectivity index (χ0v) is 12.6. The summed E-state index contributed by atoms with van der Waals surface area (Å²) in [5.41, 5.74) is 0.688. The third kappa shape index (κ3) is 2.09. The van der Waals surface area contributed by atoms with Crippen LogP contribution in [-0.2, 0) is 0 Å². The first kappa shape index (κ1) is 13.7. The molecular formula is C14H7IN2O4. The number of benzene rings is 2. The lowest BCUT2D eigenvalue weighted by Crippen LogP contribution is -2.30. The predicted octanol–water partition coefficient (Wildman–Crippen LogP) is 3.00. The van der Waals surface area contributed by atoms with Gasteiger partial charge in [0.05, 0.1) is 21.7 Å². The number of halogens is 1. The maximum absolute atomic E-state index is 12.4. The quantitative estimate of drug-likeness (QED) is 0.340. The Morgan fingerprint density at radius 3 is 2.10 bits per heavy atom. The lowest BCUT2D eigenvalue weighted by Gasteiger charge is -2.15. The van der Waals surface area contributed by atoms with Crippen LogP contribution in [0, 0.1) is 13.7 Å². The van der Waals surface area contributed by atoms with Crippen LogP contribution < -0.4 is 4.90 Å². The van der Waals surface area contributed by atoms with Crippen molar-refractivity contribution >= 4 is 45.8 Å². The van der Waals surface area contributed by atoms with E-state index in [1.807, 2.05) is 22.6 Å². The molecule has 0 unspecified atom stereocenters. The number of carbonyl (C=O) groups excluding carboxylic acids is 2. The molecule has 1 heterocycles. The van der Waals surface area contributed by atoms with E-state index >= 15 is 0 Å². The second-order valence-corrected chi connectivity index (χ2v) is 5.55. The summed E-state index contributed by atoms with van der Waals surface area (Å²) in [6, 6.07) is 10.6. The van der Waals surface area contributed by atoms with Gasteiger partial charge in [-0.1, -0.05) is 12.1 Å². The van der Waals surface area contributed by atoms with Crippen LogP contribution >= 0.6 is 22.6 Å². The van der Waals surface area contributed by atoms with E-state index in [1.165, 1.54) is 18.2 Å². The zero-order chi connectivity index (χ0) is 15.1. The second-order valence-electron chi connectivity index (χ2n) is 4.38. The number of imide groups is 1. The number of fused-ring (bicyclic) bond motifs is 1. The first-order chi connectivity index (χ1) is 10.0. The number of hydrogen-bond acceptors (Lipinski definition) is 4. The standard InChI is InChI=1S/C14H7IN2O4/c15-11-6-5-8(17(20)21)7-12(11)16-13(18)9-3-1-2-4-10(9)14(16)19/h1-7H. The van der Waals surface area contributed by atoms with Gasteiger partial charge in [-0.25, -0.2) is 4.90 Å². The van der Waals surface area contributed by atoms with Crippen molar-refractivity contribution in [2.75, 3.05) is 4.90 Å². The van der Waals surface area contributed by atoms with Gasteiger partial charge in [-0.15, -0.1) is 0 Å². The fourth-order valence-electron chi connectivity index (χ4n) is 2.19. The molecule has 0 spiro atoms. The predicted molar refractivity (Wildman–Crippen MR) is 83.4 cm³/mol. The number of rotatable bonds is 2. The SMILES string of the molecule is O=C1c2ccccc2C(=O)N1c1cc([N+](=O)[O-])ccc1I. The number of anilines is 1. The molecule has 0 bridgehead atoms. The molecule has 0 aromatic heterocycles. The highest BCUT2D eigenvalue weighted by Crippen LogP contribution is 2.33. The first-order valence-corrected chi connectivity index (χ1v) is 7.00. The minimum Gasteiger partial charge on any atom is -0.268 e. The van der Waals surface area contributed by atoms with E-state index in [0.29, 0.717) is 14.7 Å². The molecular weight excluding hydrogens is 387 g/mol. The number of nitro benzene ring substituents is 1. The summed E-state index contributed by atoms with van der Waals surface area (Å²) in [7, 11) is 0. The molecule has 0 aliphatic carbocycles. The molecule has 2 aromatic carbocycles. The summed E-state index contributed by atoms with van der Waals surface area (Å²) in [6.07, 6.45) is 0. The monoisotopic (exact) mass is 394 g/mol. The van der Waals surface area contributed by atoms with E-state index in [2.05, 4.69) is 0 Å². The zero-order valence-electron chi connectivity index (χ0n) is 10.4. The van der Waals surface area contributed by atoms with Gasteiger partial charge in [0.15, 0.2) is 0 Å². The third-order valence-electron chi connectivity index (χ3n) is 3.18. The highest BCUT2D eigenvalue weighted by atomic mass is 127. The Hall–Kier alpha value is -2.29. The van der Waals surface area contributed by atoms with Gasteiger partial charge in [0, 0.05) is 15.7 Å². The van der Waals surface area contributed by atoms with Crippen LogP contribution in [0.15, 0.2) is 42.5 Å². The number of non-ortho nitro benzene ring substituents is 1. The van der Waals surface area contributed by atoms with Crippen LogP contribution in [-0.4, -0.2) is 16.7 Å². The minimum absolute atomic E-state index is 0.165. The second kappa shape index (κ2) is 4.92. The molecule has 0 saturated heterocycles. The van der Waals surface area contributed by atoms with Gasteiger partial charge in [0.1, 0.15) is 0 Å². The smallest absolute Gasteiger partial charge is 0.268 e. The number of amides is 2. The molecule has 2 amide bonds. The lowest BCUT2D eigenvalue weighted by molar-refractivity contribution is -0.384. The van der Waals surface area contributed by atoms with Crippen LogP contribution in [0.4, 0.5) is 11.4 Å². The average Bonchev–Trinajstić information content (AvgIpc) is 2.72. The number of hydrogen-bond donors (Lipinski definition) is 0. The molecule has 1 aliphatic rings. The van der Waals surface area contributed by atoms with Crippen molar-refractivity contribution in [3.8, 4) is 0 Å². The summed E-state index contributed by atoms with van der Waals surface area (Å²) >= 11 is 1.94. The minimum atomic E-state index is -0.558. The van der Waals surface area contributed by atoms with E-state index in [9.17, 15) is 19.7 Å². The Labute approximate surface area is 132 Å². The number of nitro groups is 1. The van der Waals surface area contributed by atoms with Crippen LogP contribution in [0.25, 0.3) is 0 Å². The fourth-order valence-corrected chi connectivity index (χ4v) is 2.77. The molecule has 1 aliphatic heterocycles. The molecule has 2 aromatic rings. The average molecular weight is 394 g/mol. The summed E-state index contributed by atoms with van der Waals surface area (Å²) < 4.78 is 0.590. The lowest BCUT2D eigenvalue weighted by atomic mass is 10.1. The van der Waals surface area contributed by atoms with E-state index in [1.54, 1.807) is 24.3 Å². The van der Waals surface area contributed by atoms with Crippen molar-refractivity contribution in [3.05, 3.63) is 67.3 Å². The Balaban J connectivity index is 2.15. The van der Waals surface area contributed by atoms with E-state index in [0.717, 1.165) is 4.90 Å². The molecule has 104 valence electrons. The Kier molecular flexibility index (Phi) is 3.20. The van der Waals surface area contributed by atoms with Crippen molar-refractivity contribution in [3.63, 3.8) is 0 Å².